The zero-order valence-electron chi connectivity index (χ0n) is 10.1. The van der Waals surface area contributed by atoms with Gasteiger partial charge >= 0.3 is 0 Å². The van der Waals surface area contributed by atoms with Gasteiger partial charge in [0, 0.05) is 5.56 Å². The molecule has 94 valence electrons. The monoisotopic (exact) mass is 245 g/mol. The molecule has 1 fully saturated rings. The van der Waals surface area contributed by atoms with E-state index in [-0.39, 0.29) is 5.75 Å². The average Bonchev–Trinajstić information content (AvgIpc) is 3.07. The molecule has 1 atom stereocenters. The molecule has 5 nitrogen and oxygen atoms in total. The van der Waals surface area contributed by atoms with Crippen LogP contribution in [0.25, 0.3) is 11.4 Å². The Morgan fingerprint density at radius 1 is 1.44 bits per heavy atom. The Bertz CT molecular complexity index is 573. The van der Waals surface area contributed by atoms with Crippen molar-refractivity contribution in [1.29, 1.82) is 0 Å². The normalized spacial score (nSPS) is 18.6. The Balaban J connectivity index is 1.94. The van der Waals surface area contributed by atoms with Crippen LogP contribution in [0, 0.1) is 5.92 Å². The number of nitrogens with zero attached hydrogens (tertiary/aromatic N) is 2. The number of phenols is 1. The molecule has 0 aliphatic heterocycles. The second-order valence-corrected chi connectivity index (χ2v) is 5.03. The predicted octanol–water partition coefficient (Wildman–Crippen LogP) is 2.03. The van der Waals surface area contributed by atoms with Crippen molar-refractivity contribution in [2.45, 2.75) is 25.3 Å². The first-order chi connectivity index (χ1) is 8.57. The molecule has 0 amide bonds. The summed E-state index contributed by atoms with van der Waals surface area (Å²) < 4.78 is 5.26. The summed E-state index contributed by atoms with van der Waals surface area (Å²) in [5, 5.41) is 13.4. The van der Waals surface area contributed by atoms with Gasteiger partial charge in [-0.15, -0.1) is 0 Å². The molecule has 0 saturated heterocycles. The van der Waals surface area contributed by atoms with Crippen molar-refractivity contribution in [3.63, 3.8) is 0 Å². The van der Waals surface area contributed by atoms with E-state index < -0.39 is 5.54 Å². The average molecular weight is 245 g/mol. The number of aromatic hydroxyl groups is 1. The summed E-state index contributed by atoms with van der Waals surface area (Å²) in [4.78, 5) is 4.34. The molecule has 18 heavy (non-hydrogen) atoms. The Hall–Kier alpha value is -1.88. The van der Waals surface area contributed by atoms with Gasteiger partial charge in [0.15, 0.2) is 0 Å². The van der Waals surface area contributed by atoms with Crippen LogP contribution in [0.15, 0.2) is 28.8 Å². The van der Waals surface area contributed by atoms with Gasteiger partial charge in [-0.3, -0.25) is 0 Å². The Labute approximate surface area is 105 Å². The number of hydrogen-bond donors (Lipinski definition) is 2. The third-order valence-corrected chi connectivity index (χ3v) is 3.42. The summed E-state index contributed by atoms with van der Waals surface area (Å²) in [6.45, 7) is 1.92. The van der Waals surface area contributed by atoms with Gasteiger partial charge in [-0.2, -0.15) is 4.98 Å². The van der Waals surface area contributed by atoms with Crippen molar-refractivity contribution in [2.24, 2.45) is 11.7 Å². The van der Waals surface area contributed by atoms with E-state index >= 15 is 0 Å². The van der Waals surface area contributed by atoms with Crippen molar-refractivity contribution in [3.05, 3.63) is 30.2 Å². The molecule has 0 radical (unpaired) electrons. The van der Waals surface area contributed by atoms with Gasteiger partial charge in [0.2, 0.25) is 11.7 Å². The lowest BCUT2D eigenvalue weighted by atomic mass is 9.97. The minimum atomic E-state index is -0.553. The van der Waals surface area contributed by atoms with E-state index in [1.807, 2.05) is 13.0 Å². The number of hydrogen-bond acceptors (Lipinski definition) is 5. The first-order valence-corrected chi connectivity index (χ1v) is 6.00. The number of benzene rings is 1. The first kappa shape index (κ1) is 11.2. The SMILES string of the molecule is CC(N)(c1nc(-c2cccc(O)c2)no1)C1CC1. The molecule has 2 aromatic rings. The molecular formula is C13H15N3O2. The fourth-order valence-electron chi connectivity index (χ4n) is 2.06. The topological polar surface area (TPSA) is 85.2 Å². The molecule has 0 bridgehead atoms. The minimum Gasteiger partial charge on any atom is -0.508 e. The van der Waals surface area contributed by atoms with Gasteiger partial charge in [0.25, 0.3) is 0 Å². The van der Waals surface area contributed by atoms with Gasteiger partial charge in [-0.25, -0.2) is 0 Å². The van der Waals surface area contributed by atoms with Gasteiger partial charge < -0.3 is 15.4 Å². The quantitative estimate of drug-likeness (QED) is 0.864. The van der Waals surface area contributed by atoms with Gasteiger partial charge in [0.1, 0.15) is 5.75 Å². The standard InChI is InChI=1S/C13H15N3O2/c1-13(14,9-5-6-9)12-15-11(16-18-12)8-3-2-4-10(17)7-8/h2-4,7,9,17H,5-6,14H2,1H3. The summed E-state index contributed by atoms with van der Waals surface area (Å²) in [7, 11) is 0. The van der Waals surface area contributed by atoms with Crippen LogP contribution in [0.4, 0.5) is 0 Å². The zero-order chi connectivity index (χ0) is 12.8. The molecule has 1 aliphatic carbocycles. The van der Waals surface area contributed by atoms with Crippen LogP contribution < -0.4 is 5.73 Å². The number of phenolic OH excluding ortho intramolecular Hbond substituents is 1. The van der Waals surface area contributed by atoms with E-state index in [1.165, 1.54) is 0 Å². The molecule has 1 heterocycles. The van der Waals surface area contributed by atoms with Crippen molar-refractivity contribution in [2.75, 3.05) is 0 Å². The lowest BCUT2D eigenvalue weighted by molar-refractivity contribution is 0.273. The van der Waals surface area contributed by atoms with Crippen molar-refractivity contribution in [1.82, 2.24) is 10.1 Å². The zero-order valence-corrected chi connectivity index (χ0v) is 10.1. The predicted molar refractivity (Wildman–Crippen MR) is 65.7 cm³/mol. The van der Waals surface area contributed by atoms with Crippen LogP contribution >= 0.6 is 0 Å². The van der Waals surface area contributed by atoms with Crippen LogP contribution in [0.3, 0.4) is 0 Å². The Kier molecular flexibility index (Phi) is 2.38. The van der Waals surface area contributed by atoms with E-state index in [0.717, 1.165) is 18.4 Å². The van der Waals surface area contributed by atoms with Crippen LogP contribution in [-0.2, 0) is 5.54 Å². The van der Waals surface area contributed by atoms with Crippen LogP contribution in [-0.4, -0.2) is 15.2 Å². The lowest BCUT2D eigenvalue weighted by Gasteiger charge is -2.18. The highest BCUT2D eigenvalue weighted by atomic mass is 16.5. The Morgan fingerprint density at radius 2 is 2.22 bits per heavy atom. The number of aromatic nitrogens is 2. The van der Waals surface area contributed by atoms with Gasteiger partial charge in [0.05, 0.1) is 5.54 Å². The smallest absolute Gasteiger partial charge is 0.247 e. The highest BCUT2D eigenvalue weighted by molar-refractivity contribution is 5.56. The van der Waals surface area contributed by atoms with E-state index in [1.54, 1.807) is 18.2 Å². The minimum absolute atomic E-state index is 0.177. The maximum atomic E-state index is 9.43. The fraction of sp³-hybridized carbons (Fsp3) is 0.385. The van der Waals surface area contributed by atoms with Crippen LogP contribution in [0.5, 0.6) is 5.75 Å². The molecular weight excluding hydrogens is 230 g/mol. The molecule has 3 N–H and O–H groups in total. The van der Waals surface area contributed by atoms with Crippen molar-refractivity contribution < 1.29 is 9.63 Å². The molecule has 1 aromatic carbocycles. The van der Waals surface area contributed by atoms with Crippen molar-refractivity contribution >= 4 is 0 Å². The summed E-state index contributed by atoms with van der Waals surface area (Å²) in [5.74, 6) is 1.52. The third kappa shape index (κ3) is 1.86. The Morgan fingerprint density at radius 3 is 2.89 bits per heavy atom. The largest absolute Gasteiger partial charge is 0.508 e. The van der Waals surface area contributed by atoms with Gasteiger partial charge in [-0.1, -0.05) is 17.3 Å². The van der Waals surface area contributed by atoms with Crippen LogP contribution in [0.1, 0.15) is 25.7 Å². The van der Waals surface area contributed by atoms with Crippen molar-refractivity contribution in [3.8, 4) is 17.1 Å². The first-order valence-electron chi connectivity index (χ1n) is 6.00. The third-order valence-electron chi connectivity index (χ3n) is 3.42. The molecule has 1 saturated carbocycles. The summed E-state index contributed by atoms with van der Waals surface area (Å²) in [6, 6.07) is 6.75. The van der Waals surface area contributed by atoms with Gasteiger partial charge in [-0.05, 0) is 37.8 Å². The number of nitrogens with two attached hydrogens (primary N) is 1. The second kappa shape index (κ2) is 3.81. The van der Waals surface area contributed by atoms with E-state index in [2.05, 4.69) is 10.1 Å². The highest BCUT2D eigenvalue weighted by Crippen LogP contribution is 2.43. The maximum Gasteiger partial charge on any atom is 0.247 e. The summed E-state index contributed by atoms with van der Waals surface area (Å²) in [5.41, 5.74) is 6.38. The second-order valence-electron chi connectivity index (χ2n) is 5.03. The maximum absolute atomic E-state index is 9.43. The molecule has 1 aromatic heterocycles. The van der Waals surface area contributed by atoms with E-state index in [4.69, 9.17) is 10.3 Å². The van der Waals surface area contributed by atoms with E-state index in [0.29, 0.717) is 17.6 Å². The lowest BCUT2D eigenvalue weighted by Crippen LogP contribution is -2.35. The number of rotatable bonds is 3. The molecule has 0 spiro atoms. The summed E-state index contributed by atoms with van der Waals surface area (Å²) >= 11 is 0. The summed E-state index contributed by atoms with van der Waals surface area (Å²) in [6.07, 6.45) is 2.22. The molecule has 3 rings (SSSR count). The highest BCUT2D eigenvalue weighted by Gasteiger charge is 2.43. The molecule has 1 aliphatic rings. The van der Waals surface area contributed by atoms with E-state index in [9.17, 15) is 5.11 Å². The molecule has 5 heteroatoms. The van der Waals surface area contributed by atoms with Crippen LogP contribution in [0.2, 0.25) is 0 Å². The fourth-order valence-corrected chi connectivity index (χ4v) is 2.06. The molecule has 1 unspecified atom stereocenters.